The SMILES string of the molecule is CCCCCCCCCCCCCCCCCCC(CC(=O)O)C(=O)OC(C)C(F)(F)C(F)(F)C(F)(F)C(F)(F)C(F)(F)C(F)(F)C(F)(F)C(F)(F)F. The van der Waals surface area contributed by atoms with Gasteiger partial charge in [-0.3, -0.25) is 9.59 Å². The summed E-state index contributed by atoms with van der Waals surface area (Å²) in [5, 5.41) is 9.02. The number of carboxylic acid groups (broad SMARTS) is 1. The smallest absolute Gasteiger partial charge is 0.460 e. The first-order chi connectivity index (χ1) is 23.9. The van der Waals surface area contributed by atoms with Gasteiger partial charge in [-0.25, -0.2) is 0 Å². The molecule has 316 valence electrons. The number of rotatable bonds is 28. The maximum absolute atomic E-state index is 14.5. The van der Waals surface area contributed by atoms with Crippen LogP contribution in [0.25, 0.3) is 0 Å². The summed E-state index contributed by atoms with van der Waals surface area (Å²) < 4.78 is 235. The largest absolute Gasteiger partial charge is 0.481 e. The number of ether oxygens (including phenoxy) is 1. The summed E-state index contributed by atoms with van der Waals surface area (Å²) in [5.41, 5.74) is 0. The molecule has 2 atom stereocenters. The first kappa shape index (κ1) is 50.8. The van der Waals surface area contributed by atoms with E-state index in [2.05, 4.69) is 11.7 Å². The van der Waals surface area contributed by atoms with Crippen molar-refractivity contribution in [3.63, 3.8) is 0 Å². The van der Waals surface area contributed by atoms with E-state index in [4.69, 9.17) is 5.11 Å². The predicted octanol–water partition coefficient (Wildman–Crippen LogP) is 12.7. The predicted molar refractivity (Wildman–Crippen MR) is 156 cm³/mol. The average molecular weight is 817 g/mol. The summed E-state index contributed by atoms with van der Waals surface area (Å²) in [6.45, 7) is 1.75. The number of unbranched alkanes of at least 4 members (excludes halogenated alkanes) is 15. The monoisotopic (exact) mass is 816 g/mol. The Morgan fingerprint density at radius 1 is 0.491 bits per heavy atom. The molecule has 1 N–H and O–H groups in total. The maximum atomic E-state index is 14.5. The number of aliphatic carboxylic acids is 1. The van der Waals surface area contributed by atoms with Gasteiger partial charge in [-0.05, 0) is 13.3 Å². The molecule has 0 radical (unpaired) electrons. The standard InChI is InChI=1S/C32H45F17O4/c1-3-4-5-6-7-8-9-10-11-12-13-14-15-16-17-18-19-22(20-23(50)51)24(52)53-21(2)25(33,34)26(35,36)27(37,38)28(39,40)29(41,42)30(43,44)31(45,46)32(47,48)49/h21-22H,3-20H2,1-2H3,(H,50,51). The van der Waals surface area contributed by atoms with E-state index in [0.29, 0.717) is 19.3 Å². The number of halogens is 17. The molecular weight excluding hydrogens is 771 g/mol. The number of carbonyl (C=O) groups is 2. The van der Waals surface area contributed by atoms with Crippen LogP contribution in [-0.4, -0.2) is 70.8 Å². The number of esters is 1. The van der Waals surface area contributed by atoms with Crippen molar-refractivity contribution in [3.8, 4) is 0 Å². The molecule has 0 aliphatic rings. The lowest BCUT2D eigenvalue weighted by atomic mass is 9.88. The van der Waals surface area contributed by atoms with Crippen LogP contribution in [0.3, 0.4) is 0 Å². The molecule has 53 heavy (non-hydrogen) atoms. The van der Waals surface area contributed by atoms with Gasteiger partial charge in [0.1, 0.15) is 0 Å². The molecule has 0 fully saturated rings. The molecule has 0 saturated carbocycles. The van der Waals surface area contributed by atoms with Gasteiger partial charge in [0.25, 0.3) is 0 Å². The van der Waals surface area contributed by atoms with Gasteiger partial charge in [0.2, 0.25) is 0 Å². The second-order valence-corrected chi connectivity index (χ2v) is 13.0. The van der Waals surface area contributed by atoms with Gasteiger partial charge in [-0.1, -0.05) is 110 Å². The Morgan fingerprint density at radius 3 is 1.11 bits per heavy atom. The minimum absolute atomic E-state index is 0.0163. The zero-order chi connectivity index (χ0) is 41.7. The van der Waals surface area contributed by atoms with Gasteiger partial charge in [0.15, 0.2) is 6.10 Å². The summed E-state index contributed by atoms with van der Waals surface area (Å²) in [5.74, 6) is -63.7. The van der Waals surface area contributed by atoms with Crippen molar-refractivity contribution < 1.29 is 94.1 Å². The van der Waals surface area contributed by atoms with Gasteiger partial charge in [0, 0.05) is 0 Å². The summed E-state index contributed by atoms with van der Waals surface area (Å²) in [6, 6.07) is 0. The van der Waals surface area contributed by atoms with Crippen LogP contribution in [0.15, 0.2) is 0 Å². The van der Waals surface area contributed by atoms with E-state index < -0.39 is 91.4 Å². The number of hydrogen-bond donors (Lipinski definition) is 1. The van der Waals surface area contributed by atoms with E-state index in [0.717, 1.165) is 38.5 Å². The fourth-order valence-electron chi connectivity index (χ4n) is 5.23. The average Bonchev–Trinajstić information content (AvgIpc) is 3.02. The second-order valence-electron chi connectivity index (χ2n) is 13.0. The molecule has 0 aliphatic carbocycles. The normalized spacial score (nSPS) is 15.4. The number of alkyl halides is 17. The van der Waals surface area contributed by atoms with E-state index in [1.807, 2.05) is 0 Å². The number of carbonyl (C=O) groups excluding carboxylic acids is 1. The van der Waals surface area contributed by atoms with Gasteiger partial charge in [-0.15, -0.1) is 0 Å². The Kier molecular flexibility index (Phi) is 19.2. The Morgan fingerprint density at radius 2 is 0.792 bits per heavy atom. The van der Waals surface area contributed by atoms with Crippen molar-refractivity contribution in [1.82, 2.24) is 0 Å². The zero-order valence-corrected chi connectivity index (χ0v) is 29.0. The highest BCUT2D eigenvalue weighted by molar-refractivity contribution is 5.79. The molecule has 0 aliphatic heterocycles. The molecule has 0 aromatic rings. The minimum atomic E-state index is -8.78. The van der Waals surface area contributed by atoms with Gasteiger partial charge in [0.05, 0.1) is 12.3 Å². The lowest BCUT2D eigenvalue weighted by molar-refractivity contribution is -0.463. The van der Waals surface area contributed by atoms with Crippen molar-refractivity contribution in [2.45, 2.75) is 183 Å². The van der Waals surface area contributed by atoms with Crippen molar-refractivity contribution in [3.05, 3.63) is 0 Å². The van der Waals surface area contributed by atoms with E-state index in [9.17, 15) is 84.2 Å². The molecule has 2 unspecified atom stereocenters. The van der Waals surface area contributed by atoms with Crippen LogP contribution in [0, 0.1) is 5.92 Å². The first-order valence-corrected chi connectivity index (χ1v) is 17.1. The molecule has 21 heteroatoms. The minimum Gasteiger partial charge on any atom is -0.481 e. The van der Waals surface area contributed by atoms with Gasteiger partial charge < -0.3 is 9.84 Å². The quantitative estimate of drug-likeness (QED) is 0.0485. The Bertz CT molecular complexity index is 1110. The Hall–Kier alpha value is -2.25. The van der Waals surface area contributed by atoms with Gasteiger partial charge >= 0.3 is 59.6 Å². The molecule has 0 spiro atoms. The molecular formula is C32H45F17O4. The van der Waals surface area contributed by atoms with Crippen molar-refractivity contribution in [2.75, 3.05) is 0 Å². The highest BCUT2D eigenvalue weighted by atomic mass is 19.4. The van der Waals surface area contributed by atoms with Crippen molar-refractivity contribution in [2.24, 2.45) is 5.92 Å². The van der Waals surface area contributed by atoms with Crippen molar-refractivity contribution >= 4 is 11.9 Å². The van der Waals surface area contributed by atoms with E-state index in [1.54, 1.807) is 0 Å². The molecule has 0 bridgehead atoms. The maximum Gasteiger partial charge on any atom is 0.460 e. The fourth-order valence-corrected chi connectivity index (χ4v) is 5.23. The van der Waals surface area contributed by atoms with E-state index in [1.165, 1.54) is 38.5 Å². The second kappa shape index (κ2) is 20.1. The molecule has 0 rings (SSSR count). The van der Waals surface area contributed by atoms with Crippen LogP contribution in [0.4, 0.5) is 74.6 Å². The summed E-state index contributed by atoms with van der Waals surface area (Å²) in [4.78, 5) is 23.6. The Labute approximate surface area is 295 Å². The lowest BCUT2D eigenvalue weighted by Gasteiger charge is -2.43. The lowest BCUT2D eigenvalue weighted by Crippen LogP contribution is -2.75. The Balaban J connectivity index is 5.39. The third-order valence-electron chi connectivity index (χ3n) is 8.71. The zero-order valence-electron chi connectivity index (χ0n) is 29.0. The van der Waals surface area contributed by atoms with E-state index >= 15 is 0 Å². The van der Waals surface area contributed by atoms with Crippen molar-refractivity contribution in [1.29, 1.82) is 0 Å². The fraction of sp³-hybridized carbons (Fsp3) is 0.938. The summed E-state index contributed by atoms with van der Waals surface area (Å²) >= 11 is 0. The molecule has 4 nitrogen and oxygen atoms in total. The van der Waals surface area contributed by atoms with Crippen LogP contribution < -0.4 is 0 Å². The van der Waals surface area contributed by atoms with Crippen LogP contribution in [0.1, 0.15) is 129 Å². The third kappa shape index (κ3) is 12.1. The molecule has 0 heterocycles. The molecule has 0 aromatic carbocycles. The van der Waals surface area contributed by atoms with E-state index in [-0.39, 0.29) is 6.42 Å². The highest BCUT2D eigenvalue weighted by Crippen LogP contribution is 2.64. The summed E-state index contributed by atoms with van der Waals surface area (Å²) in [6.07, 6.45) is 1.32. The number of carboxylic acids is 1. The number of hydrogen-bond acceptors (Lipinski definition) is 3. The highest BCUT2D eigenvalue weighted by Gasteiger charge is 2.95. The van der Waals surface area contributed by atoms with Crippen LogP contribution in [0.5, 0.6) is 0 Å². The first-order valence-electron chi connectivity index (χ1n) is 17.1. The topological polar surface area (TPSA) is 63.6 Å². The van der Waals surface area contributed by atoms with Gasteiger partial charge in [-0.2, -0.15) is 74.6 Å². The van der Waals surface area contributed by atoms with Crippen LogP contribution in [0.2, 0.25) is 0 Å². The third-order valence-corrected chi connectivity index (χ3v) is 8.71. The van der Waals surface area contributed by atoms with Crippen LogP contribution in [-0.2, 0) is 14.3 Å². The molecule has 0 amide bonds. The van der Waals surface area contributed by atoms with Crippen LogP contribution >= 0.6 is 0 Å². The summed E-state index contributed by atoms with van der Waals surface area (Å²) in [7, 11) is 0. The molecule has 0 saturated heterocycles. The molecule has 0 aromatic heterocycles.